The molecule has 3 rings (SSSR count). The molecule has 122 valence electrons. The van der Waals surface area contributed by atoms with E-state index in [0.29, 0.717) is 23.6 Å². The Morgan fingerprint density at radius 3 is 2.71 bits per heavy atom. The maximum Gasteiger partial charge on any atom is 0.316 e. The highest BCUT2D eigenvalue weighted by molar-refractivity contribution is 6.32. The highest BCUT2D eigenvalue weighted by Gasteiger charge is 2.17. The van der Waals surface area contributed by atoms with Crippen molar-refractivity contribution >= 4 is 29.1 Å². The molecular formula is C16H12Cl2N4O2. The summed E-state index contributed by atoms with van der Waals surface area (Å²) in [6.07, 6.45) is 2.22. The summed E-state index contributed by atoms with van der Waals surface area (Å²) in [4.78, 5) is 20.0. The molecule has 1 amide bonds. The number of hydrogen-bond acceptors (Lipinski definition) is 5. The average Bonchev–Trinajstić information content (AvgIpc) is 3.07. The predicted octanol–water partition coefficient (Wildman–Crippen LogP) is 3.41. The predicted molar refractivity (Wildman–Crippen MR) is 90.0 cm³/mol. The average molecular weight is 363 g/mol. The van der Waals surface area contributed by atoms with E-state index in [0.717, 1.165) is 5.56 Å². The number of nitrogens with zero attached hydrogens (tertiary/aromatic N) is 3. The number of benzene rings is 1. The Bertz CT molecular complexity index is 849. The van der Waals surface area contributed by atoms with E-state index in [4.69, 9.17) is 27.7 Å². The summed E-state index contributed by atoms with van der Waals surface area (Å²) < 4.78 is 4.98. The SMILES string of the molecule is O=C(NCCc1ccc(Cl)cc1)c1nc(-c2cccnc2Cl)no1. The molecular weight excluding hydrogens is 351 g/mol. The highest BCUT2D eigenvalue weighted by Crippen LogP contribution is 2.22. The van der Waals surface area contributed by atoms with Gasteiger partial charge < -0.3 is 9.84 Å². The molecule has 0 aliphatic rings. The number of hydrogen-bond donors (Lipinski definition) is 1. The molecule has 2 aromatic heterocycles. The smallest absolute Gasteiger partial charge is 0.316 e. The largest absolute Gasteiger partial charge is 0.347 e. The Balaban J connectivity index is 1.60. The fraction of sp³-hybridized carbons (Fsp3) is 0.125. The van der Waals surface area contributed by atoms with E-state index >= 15 is 0 Å². The van der Waals surface area contributed by atoms with Crippen molar-refractivity contribution in [1.82, 2.24) is 20.4 Å². The fourth-order valence-electron chi connectivity index (χ4n) is 2.02. The van der Waals surface area contributed by atoms with Crippen molar-refractivity contribution in [3.8, 4) is 11.4 Å². The van der Waals surface area contributed by atoms with Crippen LogP contribution in [-0.4, -0.2) is 27.6 Å². The number of aromatic nitrogens is 3. The van der Waals surface area contributed by atoms with Crippen LogP contribution in [0.25, 0.3) is 11.4 Å². The van der Waals surface area contributed by atoms with Gasteiger partial charge in [0.05, 0.1) is 5.56 Å². The van der Waals surface area contributed by atoms with E-state index in [9.17, 15) is 4.79 Å². The van der Waals surface area contributed by atoms with Crippen LogP contribution in [0.3, 0.4) is 0 Å². The molecule has 0 spiro atoms. The molecule has 0 unspecified atom stereocenters. The van der Waals surface area contributed by atoms with E-state index in [1.807, 2.05) is 12.1 Å². The van der Waals surface area contributed by atoms with E-state index in [1.54, 1.807) is 30.5 Å². The van der Waals surface area contributed by atoms with Crippen molar-refractivity contribution in [2.45, 2.75) is 6.42 Å². The third-order valence-electron chi connectivity index (χ3n) is 3.23. The van der Waals surface area contributed by atoms with Crippen LogP contribution in [0, 0.1) is 0 Å². The molecule has 0 aliphatic carbocycles. The molecule has 0 bridgehead atoms. The van der Waals surface area contributed by atoms with Crippen LogP contribution in [0.5, 0.6) is 0 Å². The summed E-state index contributed by atoms with van der Waals surface area (Å²) >= 11 is 11.8. The van der Waals surface area contributed by atoms with E-state index in [1.165, 1.54) is 0 Å². The molecule has 8 heteroatoms. The first-order chi connectivity index (χ1) is 11.6. The second kappa shape index (κ2) is 7.42. The first-order valence-electron chi connectivity index (χ1n) is 7.11. The number of rotatable bonds is 5. The second-order valence-electron chi connectivity index (χ2n) is 4.90. The lowest BCUT2D eigenvalue weighted by Gasteiger charge is -2.02. The monoisotopic (exact) mass is 362 g/mol. The third kappa shape index (κ3) is 3.90. The lowest BCUT2D eigenvalue weighted by molar-refractivity contribution is 0.0910. The fourth-order valence-corrected chi connectivity index (χ4v) is 2.35. The first kappa shape index (κ1) is 16.4. The quantitative estimate of drug-likeness (QED) is 0.703. The highest BCUT2D eigenvalue weighted by atomic mass is 35.5. The second-order valence-corrected chi connectivity index (χ2v) is 5.69. The maximum absolute atomic E-state index is 12.0. The maximum atomic E-state index is 12.0. The van der Waals surface area contributed by atoms with Gasteiger partial charge >= 0.3 is 11.8 Å². The molecule has 0 fully saturated rings. The Morgan fingerprint density at radius 2 is 1.96 bits per heavy atom. The number of amides is 1. The zero-order chi connectivity index (χ0) is 16.9. The van der Waals surface area contributed by atoms with Gasteiger partial charge in [-0.3, -0.25) is 4.79 Å². The summed E-state index contributed by atoms with van der Waals surface area (Å²) in [5.41, 5.74) is 1.57. The zero-order valence-corrected chi connectivity index (χ0v) is 13.9. The van der Waals surface area contributed by atoms with Crippen LogP contribution in [0.2, 0.25) is 10.2 Å². The molecule has 6 nitrogen and oxygen atoms in total. The van der Waals surface area contributed by atoms with E-state index < -0.39 is 5.91 Å². The standard InChI is InChI=1S/C16H12Cl2N4O2/c17-11-5-3-10(4-6-11)7-9-20-15(23)16-21-14(22-24-16)12-2-1-8-19-13(12)18/h1-6,8H,7,9H2,(H,20,23). The van der Waals surface area contributed by atoms with Crippen LogP contribution in [0.15, 0.2) is 47.1 Å². The third-order valence-corrected chi connectivity index (χ3v) is 3.79. The molecule has 0 saturated carbocycles. The molecule has 0 saturated heterocycles. The van der Waals surface area contributed by atoms with Gasteiger partial charge in [0, 0.05) is 17.8 Å². The van der Waals surface area contributed by atoms with Gasteiger partial charge in [-0.1, -0.05) is 40.5 Å². The van der Waals surface area contributed by atoms with Gasteiger partial charge in [-0.05, 0) is 36.2 Å². The van der Waals surface area contributed by atoms with Crippen molar-refractivity contribution in [1.29, 1.82) is 0 Å². The number of carbonyl (C=O) groups is 1. The van der Waals surface area contributed by atoms with Crippen molar-refractivity contribution in [2.24, 2.45) is 0 Å². The molecule has 0 aliphatic heterocycles. The minimum atomic E-state index is -0.442. The molecule has 3 aromatic rings. The summed E-state index contributed by atoms with van der Waals surface area (Å²) in [5, 5.41) is 7.40. The molecule has 2 heterocycles. The van der Waals surface area contributed by atoms with Gasteiger partial charge in [0.25, 0.3) is 0 Å². The van der Waals surface area contributed by atoms with Crippen molar-refractivity contribution in [3.05, 3.63) is 64.2 Å². The van der Waals surface area contributed by atoms with Crippen LogP contribution in [0.1, 0.15) is 16.2 Å². The Kier molecular flexibility index (Phi) is 5.08. The number of halogens is 2. The Hall–Kier alpha value is -2.44. The lowest BCUT2D eigenvalue weighted by atomic mass is 10.1. The number of nitrogens with one attached hydrogen (secondary N) is 1. The summed E-state index contributed by atoms with van der Waals surface area (Å²) in [7, 11) is 0. The van der Waals surface area contributed by atoms with E-state index in [2.05, 4.69) is 20.4 Å². The minimum Gasteiger partial charge on any atom is -0.347 e. The van der Waals surface area contributed by atoms with Gasteiger partial charge in [-0.25, -0.2) is 4.98 Å². The van der Waals surface area contributed by atoms with E-state index in [-0.39, 0.29) is 16.9 Å². The summed E-state index contributed by atoms with van der Waals surface area (Å²) in [6.45, 7) is 0.436. The van der Waals surface area contributed by atoms with Gasteiger partial charge in [-0.2, -0.15) is 4.98 Å². The number of carbonyl (C=O) groups excluding carboxylic acids is 1. The molecule has 0 atom stereocenters. The van der Waals surface area contributed by atoms with Gasteiger partial charge in [0.1, 0.15) is 5.15 Å². The Morgan fingerprint density at radius 1 is 1.17 bits per heavy atom. The van der Waals surface area contributed by atoms with Crippen LogP contribution in [0.4, 0.5) is 0 Å². The van der Waals surface area contributed by atoms with Crippen LogP contribution >= 0.6 is 23.2 Å². The lowest BCUT2D eigenvalue weighted by Crippen LogP contribution is -2.26. The minimum absolute atomic E-state index is 0.124. The summed E-state index contributed by atoms with van der Waals surface area (Å²) in [5.74, 6) is -0.347. The van der Waals surface area contributed by atoms with Crippen LogP contribution < -0.4 is 5.32 Å². The van der Waals surface area contributed by atoms with Crippen LogP contribution in [-0.2, 0) is 6.42 Å². The topological polar surface area (TPSA) is 80.9 Å². The molecule has 24 heavy (non-hydrogen) atoms. The molecule has 1 N–H and O–H groups in total. The van der Waals surface area contributed by atoms with Gasteiger partial charge in [0.2, 0.25) is 5.82 Å². The van der Waals surface area contributed by atoms with Crippen molar-refractivity contribution in [3.63, 3.8) is 0 Å². The summed E-state index contributed by atoms with van der Waals surface area (Å²) in [6, 6.07) is 10.8. The number of pyridine rings is 1. The van der Waals surface area contributed by atoms with Gasteiger partial charge in [-0.15, -0.1) is 0 Å². The van der Waals surface area contributed by atoms with Gasteiger partial charge in [0.15, 0.2) is 0 Å². The normalized spacial score (nSPS) is 10.6. The molecule has 1 aromatic carbocycles. The molecule has 0 radical (unpaired) electrons. The first-order valence-corrected chi connectivity index (χ1v) is 7.86. The van der Waals surface area contributed by atoms with Crippen molar-refractivity contribution in [2.75, 3.05) is 6.54 Å². The zero-order valence-electron chi connectivity index (χ0n) is 12.4. The Labute approximate surface area is 147 Å². The van der Waals surface area contributed by atoms with Crippen molar-refractivity contribution < 1.29 is 9.32 Å².